The highest BCUT2D eigenvalue weighted by atomic mass is 16.2. The van der Waals surface area contributed by atoms with E-state index in [2.05, 4.69) is 5.32 Å². The van der Waals surface area contributed by atoms with Gasteiger partial charge in [0.05, 0.1) is 0 Å². The summed E-state index contributed by atoms with van der Waals surface area (Å²) >= 11 is 0. The number of hydrogen-bond acceptors (Lipinski definition) is 3. The molecule has 0 rings (SSSR count). The maximum Gasteiger partial charge on any atom is 0.287 e. The zero-order valence-electron chi connectivity index (χ0n) is 7.18. The molecule has 4 heteroatoms. The minimum atomic E-state index is -0.508. The Kier molecular flexibility index (Phi) is 4.45. The molecular weight excluding hydrogens is 144 g/mol. The summed E-state index contributed by atoms with van der Waals surface area (Å²) in [5.41, 5.74) is 0. The fourth-order valence-corrected chi connectivity index (χ4v) is 0.518. The van der Waals surface area contributed by atoms with E-state index in [0.29, 0.717) is 6.54 Å². The Morgan fingerprint density at radius 3 is 2.27 bits per heavy atom. The molecule has 0 spiro atoms. The van der Waals surface area contributed by atoms with E-state index < -0.39 is 11.7 Å². The summed E-state index contributed by atoms with van der Waals surface area (Å²) in [4.78, 5) is 23.0. The second-order valence-corrected chi connectivity index (χ2v) is 2.62. The Morgan fingerprint density at radius 2 is 1.91 bits per heavy atom. The molecule has 0 saturated carbocycles. The SMILES string of the molecule is CC(=O)C(=O)NCCN(C)C. The number of nitrogens with zero attached hydrogens (tertiary/aromatic N) is 1. The first-order chi connectivity index (χ1) is 5.04. The third kappa shape index (κ3) is 5.54. The molecule has 1 amide bonds. The second kappa shape index (κ2) is 4.85. The van der Waals surface area contributed by atoms with Crippen molar-refractivity contribution in [3.8, 4) is 0 Å². The number of amides is 1. The van der Waals surface area contributed by atoms with Gasteiger partial charge in [-0.05, 0) is 14.1 Å². The Hall–Kier alpha value is -0.900. The van der Waals surface area contributed by atoms with Crippen LogP contribution in [0.25, 0.3) is 0 Å². The van der Waals surface area contributed by atoms with Crippen molar-refractivity contribution in [2.45, 2.75) is 6.92 Å². The normalized spacial score (nSPS) is 9.82. The van der Waals surface area contributed by atoms with E-state index in [1.807, 2.05) is 19.0 Å². The maximum atomic E-state index is 10.6. The van der Waals surface area contributed by atoms with Gasteiger partial charge in [-0.15, -0.1) is 0 Å². The molecule has 1 N–H and O–H groups in total. The van der Waals surface area contributed by atoms with Gasteiger partial charge < -0.3 is 10.2 Å². The molecule has 0 aliphatic heterocycles. The topological polar surface area (TPSA) is 49.4 Å². The summed E-state index contributed by atoms with van der Waals surface area (Å²) in [6.07, 6.45) is 0. The lowest BCUT2D eigenvalue weighted by molar-refractivity contribution is -0.136. The predicted octanol–water partition coefficient (Wildman–Crippen LogP) is -0.747. The van der Waals surface area contributed by atoms with Crippen LogP contribution in [-0.4, -0.2) is 43.8 Å². The van der Waals surface area contributed by atoms with E-state index in [4.69, 9.17) is 0 Å². The van der Waals surface area contributed by atoms with Crippen molar-refractivity contribution in [2.75, 3.05) is 27.2 Å². The minimum Gasteiger partial charge on any atom is -0.348 e. The van der Waals surface area contributed by atoms with Gasteiger partial charge in [0, 0.05) is 20.0 Å². The summed E-state index contributed by atoms with van der Waals surface area (Å²) in [5.74, 6) is -0.949. The predicted molar refractivity (Wildman–Crippen MR) is 42.2 cm³/mol. The van der Waals surface area contributed by atoms with Crippen molar-refractivity contribution in [1.29, 1.82) is 0 Å². The molecule has 0 aromatic carbocycles. The highest BCUT2D eigenvalue weighted by molar-refractivity contribution is 6.35. The van der Waals surface area contributed by atoms with Gasteiger partial charge in [-0.3, -0.25) is 9.59 Å². The molecule has 4 nitrogen and oxygen atoms in total. The molecule has 0 fully saturated rings. The average Bonchev–Trinajstić information content (AvgIpc) is 1.86. The van der Waals surface area contributed by atoms with E-state index in [0.717, 1.165) is 6.54 Å². The number of nitrogens with one attached hydrogen (secondary N) is 1. The van der Waals surface area contributed by atoms with E-state index in [1.165, 1.54) is 6.92 Å². The van der Waals surface area contributed by atoms with Crippen molar-refractivity contribution in [3.63, 3.8) is 0 Å². The second-order valence-electron chi connectivity index (χ2n) is 2.62. The number of Topliss-reactive ketones (excluding diaryl/α,β-unsaturated/α-hetero) is 1. The van der Waals surface area contributed by atoms with Crippen LogP contribution in [0.15, 0.2) is 0 Å². The van der Waals surface area contributed by atoms with E-state index >= 15 is 0 Å². The van der Waals surface area contributed by atoms with E-state index in [1.54, 1.807) is 0 Å². The lowest BCUT2D eigenvalue weighted by Gasteiger charge is -2.08. The van der Waals surface area contributed by atoms with Crippen LogP contribution < -0.4 is 5.32 Å². The van der Waals surface area contributed by atoms with Crippen LogP contribution >= 0.6 is 0 Å². The summed E-state index contributed by atoms with van der Waals surface area (Å²) in [5, 5.41) is 2.48. The van der Waals surface area contributed by atoms with Gasteiger partial charge in [0.15, 0.2) is 0 Å². The lowest BCUT2D eigenvalue weighted by atomic mass is 10.4. The quantitative estimate of drug-likeness (QED) is 0.548. The van der Waals surface area contributed by atoms with Crippen LogP contribution in [0.3, 0.4) is 0 Å². The average molecular weight is 158 g/mol. The molecule has 0 aliphatic carbocycles. The summed E-state index contributed by atoms with van der Waals surface area (Å²) < 4.78 is 0. The molecule has 0 bridgehead atoms. The molecule has 11 heavy (non-hydrogen) atoms. The molecule has 0 aromatic heterocycles. The molecule has 0 radical (unpaired) electrons. The zero-order chi connectivity index (χ0) is 8.85. The van der Waals surface area contributed by atoms with Gasteiger partial charge in [-0.25, -0.2) is 0 Å². The van der Waals surface area contributed by atoms with Crippen LogP contribution in [0.5, 0.6) is 0 Å². The molecule has 0 aromatic rings. The first-order valence-corrected chi connectivity index (χ1v) is 3.47. The first-order valence-electron chi connectivity index (χ1n) is 3.47. The molecule has 0 unspecified atom stereocenters. The van der Waals surface area contributed by atoms with E-state index in [-0.39, 0.29) is 0 Å². The fraction of sp³-hybridized carbons (Fsp3) is 0.714. The number of ketones is 1. The fourth-order valence-electron chi connectivity index (χ4n) is 0.518. The van der Waals surface area contributed by atoms with Crippen LogP contribution in [0.1, 0.15) is 6.92 Å². The Bertz CT molecular complexity index is 155. The number of hydrogen-bond donors (Lipinski definition) is 1. The molecule has 0 aliphatic rings. The summed E-state index contributed by atoms with van der Waals surface area (Å²) in [7, 11) is 3.81. The van der Waals surface area contributed by atoms with Gasteiger partial charge in [0.2, 0.25) is 5.78 Å². The van der Waals surface area contributed by atoms with Crippen molar-refractivity contribution in [1.82, 2.24) is 10.2 Å². The van der Waals surface area contributed by atoms with Crippen LogP contribution in [0, 0.1) is 0 Å². The van der Waals surface area contributed by atoms with Gasteiger partial charge in [0.1, 0.15) is 0 Å². The third-order valence-corrected chi connectivity index (χ3v) is 1.16. The molecule has 0 saturated heterocycles. The number of rotatable bonds is 4. The Labute approximate surface area is 66.6 Å². The smallest absolute Gasteiger partial charge is 0.287 e. The van der Waals surface area contributed by atoms with Crippen LogP contribution in [0.4, 0.5) is 0 Å². The monoisotopic (exact) mass is 158 g/mol. The standard InChI is InChI=1S/C7H14N2O2/c1-6(10)7(11)8-4-5-9(2)3/h4-5H2,1-3H3,(H,8,11). The van der Waals surface area contributed by atoms with Crippen molar-refractivity contribution >= 4 is 11.7 Å². The van der Waals surface area contributed by atoms with Crippen molar-refractivity contribution in [3.05, 3.63) is 0 Å². The lowest BCUT2D eigenvalue weighted by Crippen LogP contribution is -2.34. The summed E-state index contributed by atoms with van der Waals surface area (Å²) in [6.45, 7) is 2.52. The Balaban J connectivity index is 3.40. The van der Waals surface area contributed by atoms with Gasteiger partial charge >= 0.3 is 0 Å². The zero-order valence-corrected chi connectivity index (χ0v) is 7.18. The summed E-state index contributed by atoms with van der Waals surface area (Å²) in [6, 6.07) is 0. The first kappa shape index (κ1) is 10.1. The largest absolute Gasteiger partial charge is 0.348 e. The number of likely N-dealkylation sites (N-methyl/N-ethyl adjacent to an activating group) is 1. The molecule has 64 valence electrons. The number of carbonyl (C=O) groups is 2. The van der Waals surface area contributed by atoms with Crippen LogP contribution in [-0.2, 0) is 9.59 Å². The Morgan fingerprint density at radius 1 is 1.36 bits per heavy atom. The minimum absolute atomic E-state index is 0.441. The molecule has 0 heterocycles. The maximum absolute atomic E-state index is 10.6. The van der Waals surface area contributed by atoms with Gasteiger partial charge in [-0.1, -0.05) is 0 Å². The van der Waals surface area contributed by atoms with Crippen LogP contribution in [0.2, 0.25) is 0 Å². The molecular formula is C7H14N2O2. The highest BCUT2D eigenvalue weighted by Crippen LogP contribution is 1.73. The van der Waals surface area contributed by atoms with Crippen molar-refractivity contribution in [2.24, 2.45) is 0 Å². The van der Waals surface area contributed by atoms with Gasteiger partial charge in [0.25, 0.3) is 5.91 Å². The number of carbonyl (C=O) groups excluding carboxylic acids is 2. The van der Waals surface area contributed by atoms with Crippen molar-refractivity contribution < 1.29 is 9.59 Å². The third-order valence-electron chi connectivity index (χ3n) is 1.16. The molecule has 0 atom stereocenters. The highest BCUT2D eigenvalue weighted by Gasteiger charge is 2.04. The van der Waals surface area contributed by atoms with Gasteiger partial charge in [-0.2, -0.15) is 0 Å². The van der Waals surface area contributed by atoms with E-state index in [9.17, 15) is 9.59 Å².